The summed E-state index contributed by atoms with van der Waals surface area (Å²) >= 11 is 1.78. The minimum atomic E-state index is -0.436. The predicted molar refractivity (Wildman–Crippen MR) is 220 cm³/mol. The Morgan fingerprint density at radius 1 is 0.547 bits per heavy atom. The van der Waals surface area contributed by atoms with Crippen molar-refractivity contribution >= 4 is 51.4 Å². The Kier molecular flexibility index (Phi) is 10.6. The smallest absolute Gasteiger partial charge is 0.330 e. The van der Waals surface area contributed by atoms with Crippen LogP contribution in [0.1, 0.15) is 22.3 Å². The minimum absolute atomic E-state index is 0.0198. The van der Waals surface area contributed by atoms with E-state index >= 15 is 0 Å². The highest BCUT2D eigenvalue weighted by Gasteiger charge is 2.16. The average Bonchev–Trinajstić information content (AvgIpc) is 3.70. The molecule has 6 heteroatoms. The Morgan fingerprint density at radius 2 is 0.887 bits per heavy atom. The fourth-order valence-electron chi connectivity index (χ4n) is 6.18. The van der Waals surface area contributed by atoms with Crippen molar-refractivity contribution in [3.05, 3.63) is 193 Å². The molecule has 262 valence electrons. The van der Waals surface area contributed by atoms with Crippen molar-refractivity contribution in [2.24, 2.45) is 0 Å². The maximum Gasteiger partial charge on any atom is 0.330 e. The summed E-state index contributed by atoms with van der Waals surface area (Å²) in [6.45, 7) is 7.87. The van der Waals surface area contributed by atoms with Crippen molar-refractivity contribution in [3.8, 4) is 20.9 Å². The normalized spacial score (nSPS) is 10.8. The molecule has 7 rings (SSSR count). The van der Waals surface area contributed by atoms with Crippen LogP contribution in [-0.2, 0) is 22.7 Å². The Labute approximate surface area is 315 Å². The zero-order chi connectivity index (χ0) is 36.7. The highest BCUT2D eigenvalue weighted by atomic mass is 32.1. The molecule has 1 N–H and O–H groups in total. The molecule has 0 spiro atoms. The second-order valence-electron chi connectivity index (χ2n) is 12.9. The second kappa shape index (κ2) is 16.0. The molecule has 1 heterocycles. The molecule has 0 aliphatic carbocycles. The van der Waals surface area contributed by atoms with Gasteiger partial charge in [0, 0.05) is 50.0 Å². The topological polar surface area (TPSA) is 53.0 Å². The Bertz CT molecular complexity index is 2290. The SMILES string of the molecule is C=CC(=O)OCc1ccc(N(c2ccc(C)cc2)c2ccc(-c3ccc(-c4ccc(N(c5ccc(C)cc5)c5ccc(CO)cc5)cc4)s3)cc2)cc1. The van der Waals surface area contributed by atoms with Crippen LogP contribution in [-0.4, -0.2) is 11.1 Å². The molecular weight excluding hydrogens is 673 g/mol. The van der Waals surface area contributed by atoms with Crippen LogP contribution in [0.5, 0.6) is 0 Å². The van der Waals surface area contributed by atoms with Gasteiger partial charge in [0.15, 0.2) is 0 Å². The summed E-state index contributed by atoms with van der Waals surface area (Å²) in [5, 5.41) is 9.58. The molecule has 53 heavy (non-hydrogen) atoms. The number of aliphatic hydroxyl groups is 1. The summed E-state index contributed by atoms with van der Waals surface area (Å²) in [5.74, 6) is -0.436. The van der Waals surface area contributed by atoms with Gasteiger partial charge in [-0.25, -0.2) is 4.79 Å². The number of carbonyl (C=O) groups excluding carboxylic acids is 1. The fraction of sp³-hybridized carbons (Fsp3) is 0.0851. The van der Waals surface area contributed by atoms with Gasteiger partial charge in [-0.3, -0.25) is 0 Å². The third-order valence-corrected chi connectivity index (χ3v) is 10.3. The molecule has 0 unspecified atom stereocenters. The van der Waals surface area contributed by atoms with E-state index in [9.17, 15) is 9.90 Å². The standard InChI is InChI=1S/C47H40N2O3S/c1-4-47(51)52-32-36-11-23-42(24-12-36)49(40-19-7-34(3)8-20-40)44-27-15-38(16-28-44)46-30-29-45(53-46)37-13-25-43(26-14-37)48(39-17-5-33(2)6-18-39)41-21-9-35(31-50)10-22-41/h4-30,50H,1,31-32H2,2-3H3. The number of nitrogens with zero attached hydrogens (tertiary/aromatic N) is 2. The monoisotopic (exact) mass is 712 g/mol. The van der Waals surface area contributed by atoms with Gasteiger partial charge in [0.2, 0.25) is 0 Å². The minimum Gasteiger partial charge on any atom is -0.458 e. The van der Waals surface area contributed by atoms with Gasteiger partial charge >= 0.3 is 5.97 Å². The van der Waals surface area contributed by atoms with E-state index in [0.29, 0.717) is 0 Å². The number of ether oxygens (including phenoxy) is 1. The van der Waals surface area contributed by atoms with E-state index in [2.05, 4.69) is 164 Å². The van der Waals surface area contributed by atoms with Gasteiger partial charge in [-0.1, -0.05) is 90.5 Å². The first kappa shape index (κ1) is 35.2. The highest BCUT2D eigenvalue weighted by molar-refractivity contribution is 7.18. The summed E-state index contributed by atoms with van der Waals surface area (Å²) in [5.41, 5.74) is 12.8. The summed E-state index contributed by atoms with van der Waals surface area (Å²) in [6.07, 6.45) is 1.17. The highest BCUT2D eigenvalue weighted by Crippen LogP contribution is 2.40. The molecule has 0 fully saturated rings. The van der Waals surface area contributed by atoms with Crippen molar-refractivity contribution in [1.29, 1.82) is 0 Å². The summed E-state index contributed by atoms with van der Waals surface area (Å²) in [7, 11) is 0. The summed E-state index contributed by atoms with van der Waals surface area (Å²) in [6, 6.07) is 54.9. The molecule has 0 aliphatic rings. The lowest BCUT2D eigenvalue weighted by molar-refractivity contribution is -0.138. The molecule has 0 atom stereocenters. The van der Waals surface area contributed by atoms with Crippen LogP contribution in [0, 0.1) is 13.8 Å². The van der Waals surface area contributed by atoms with Gasteiger partial charge in [0.25, 0.3) is 0 Å². The van der Waals surface area contributed by atoms with Crippen molar-refractivity contribution < 1.29 is 14.6 Å². The number of aryl methyl sites for hydroxylation is 2. The molecule has 0 radical (unpaired) electrons. The van der Waals surface area contributed by atoms with Crippen LogP contribution in [0.4, 0.5) is 34.1 Å². The number of rotatable bonds is 12. The number of hydrogen-bond acceptors (Lipinski definition) is 6. The van der Waals surface area contributed by atoms with E-state index in [1.165, 1.54) is 27.0 Å². The van der Waals surface area contributed by atoms with E-state index < -0.39 is 5.97 Å². The third kappa shape index (κ3) is 8.15. The lowest BCUT2D eigenvalue weighted by Gasteiger charge is -2.26. The van der Waals surface area contributed by atoms with Gasteiger partial charge in [-0.05, 0) is 121 Å². The number of thiophene rings is 1. The van der Waals surface area contributed by atoms with Crippen LogP contribution in [0.25, 0.3) is 20.9 Å². The first-order valence-corrected chi connectivity index (χ1v) is 18.3. The number of esters is 1. The molecule has 0 saturated carbocycles. The molecule has 1 aromatic heterocycles. The van der Waals surface area contributed by atoms with Crippen molar-refractivity contribution in [2.75, 3.05) is 9.80 Å². The van der Waals surface area contributed by atoms with Gasteiger partial charge in [-0.2, -0.15) is 0 Å². The quantitative estimate of drug-likeness (QED) is 0.101. The van der Waals surface area contributed by atoms with E-state index in [0.717, 1.165) is 56.4 Å². The molecular formula is C47H40N2O3S. The number of hydrogen-bond donors (Lipinski definition) is 1. The van der Waals surface area contributed by atoms with E-state index in [1.807, 2.05) is 24.3 Å². The zero-order valence-corrected chi connectivity index (χ0v) is 30.6. The van der Waals surface area contributed by atoms with E-state index in [1.54, 1.807) is 11.3 Å². The predicted octanol–water partition coefficient (Wildman–Crippen LogP) is 12.4. The van der Waals surface area contributed by atoms with Crippen molar-refractivity contribution in [1.82, 2.24) is 0 Å². The largest absolute Gasteiger partial charge is 0.458 e. The molecule has 5 nitrogen and oxygen atoms in total. The first-order chi connectivity index (χ1) is 25.9. The fourth-order valence-corrected chi connectivity index (χ4v) is 7.20. The summed E-state index contributed by atoms with van der Waals surface area (Å²) < 4.78 is 5.22. The Hall–Kier alpha value is -6.21. The molecule has 0 saturated heterocycles. The van der Waals surface area contributed by atoms with E-state index in [4.69, 9.17) is 4.74 Å². The van der Waals surface area contributed by atoms with Crippen molar-refractivity contribution in [3.63, 3.8) is 0 Å². The number of benzene rings is 6. The Morgan fingerprint density at radius 3 is 1.25 bits per heavy atom. The number of anilines is 6. The second-order valence-corrected chi connectivity index (χ2v) is 14.0. The number of aliphatic hydroxyl groups excluding tert-OH is 1. The molecule has 7 aromatic rings. The molecule has 0 bridgehead atoms. The van der Waals surface area contributed by atoms with Crippen LogP contribution in [0.15, 0.2) is 170 Å². The van der Waals surface area contributed by atoms with Crippen LogP contribution < -0.4 is 9.80 Å². The Balaban J connectivity index is 1.12. The molecule has 6 aromatic carbocycles. The van der Waals surface area contributed by atoms with Gasteiger partial charge in [-0.15, -0.1) is 11.3 Å². The van der Waals surface area contributed by atoms with Gasteiger partial charge in [0.05, 0.1) is 6.61 Å². The third-order valence-electron chi connectivity index (χ3n) is 9.13. The first-order valence-electron chi connectivity index (χ1n) is 17.5. The van der Waals surface area contributed by atoms with Crippen molar-refractivity contribution in [2.45, 2.75) is 27.1 Å². The zero-order valence-electron chi connectivity index (χ0n) is 29.8. The van der Waals surface area contributed by atoms with Gasteiger partial charge in [0.1, 0.15) is 6.61 Å². The lowest BCUT2D eigenvalue weighted by atomic mass is 10.1. The maximum atomic E-state index is 11.6. The van der Waals surface area contributed by atoms with Crippen LogP contribution in [0.3, 0.4) is 0 Å². The average molecular weight is 713 g/mol. The maximum absolute atomic E-state index is 11.6. The summed E-state index contributed by atoms with van der Waals surface area (Å²) in [4.78, 5) is 18.4. The van der Waals surface area contributed by atoms with Crippen LogP contribution in [0.2, 0.25) is 0 Å². The molecule has 0 amide bonds. The van der Waals surface area contributed by atoms with Gasteiger partial charge < -0.3 is 19.6 Å². The van der Waals surface area contributed by atoms with Crippen LogP contribution >= 0.6 is 11.3 Å². The lowest BCUT2D eigenvalue weighted by Crippen LogP contribution is -2.10. The van der Waals surface area contributed by atoms with E-state index in [-0.39, 0.29) is 13.2 Å². The number of carbonyl (C=O) groups is 1. The molecule has 0 aliphatic heterocycles.